The molecule has 2 heterocycles. The zero-order chi connectivity index (χ0) is 23.2. The number of hydrogen-bond donors (Lipinski definition) is 2. The summed E-state index contributed by atoms with van der Waals surface area (Å²) in [5.74, 6) is 1.56. The van der Waals surface area contributed by atoms with Gasteiger partial charge in [0.2, 0.25) is 5.91 Å². The van der Waals surface area contributed by atoms with Gasteiger partial charge in [-0.3, -0.25) is 9.59 Å². The zero-order valence-corrected chi connectivity index (χ0v) is 19.5. The number of ether oxygens (including phenoxy) is 1. The predicted octanol–water partition coefficient (Wildman–Crippen LogP) is 4.48. The molecule has 4 rings (SSSR count). The molecule has 1 aliphatic heterocycles. The minimum Gasteiger partial charge on any atom is -0.497 e. The molecule has 6 heteroatoms. The summed E-state index contributed by atoms with van der Waals surface area (Å²) >= 11 is 0. The number of aryl methyl sites for hydroxylation is 1. The Kier molecular flexibility index (Phi) is 7.33. The van der Waals surface area contributed by atoms with E-state index in [1.807, 2.05) is 60.5 Å². The number of likely N-dealkylation sites (tertiary alicyclic amines) is 1. The van der Waals surface area contributed by atoms with E-state index in [0.717, 1.165) is 66.6 Å². The maximum Gasteiger partial charge on any atom is 0.254 e. The highest BCUT2D eigenvalue weighted by molar-refractivity contribution is 5.95. The second-order valence-electron chi connectivity index (χ2n) is 8.91. The Balaban J connectivity index is 1.18. The molecule has 0 spiro atoms. The van der Waals surface area contributed by atoms with Crippen LogP contribution in [0, 0.1) is 12.8 Å². The Labute approximate surface area is 195 Å². The number of piperidine rings is 1. The van der Waals surface area contributed by atoms with Crippen LogP contribution < -0.4 is 10.1 Å². The highest BCUT2D eigenvalue weighted by Gasteiger charge is 2.24. The molecule has 2 N–H and O–H groups in total. The van der Waals surface area contributed by atoms with Crippen molar-refractivity contribution in [2.75, 3.05) is 26.7 Å². The van der Waals surface area contributed by atoms with E-state index in [-0.39, 0.29) is 11.8 Å². The van der Waals surface area contributed by atoms with Gasteiger partial charge in [-0.05, 0) is 73.9 Å². The minimum absolute atomic E-state index is 0.103. The van der Waals surface area contributed by atoms with Crippen LogP contribution in [-0.4, -0.2) is 48.4 Å². The van der Waals surface area contributed by atoms with E-state index in [1.165, 1.54) is 5.56 Å². The number of hydrogen-bond acceptors (Lipinski definition) is 3. The first-order valence-corrected chi connectivity index (χ1v) is 11.8. The van der Waals surface area contributed by atoms with Gasteiger partial charge in [-0.25, -0.2) is 0 Å². The molecule has 0 atom stereocenters. The number of nitrogens with zero attached hydrogens (tertiary/aromatic N) is 1. The first kappa shape index (κ1) is 22.9. The van der Waals surface area contributed by atoms with Gasteiger partial charge in [0.15, 0.2) is 0 Å². The van der Waals surface area contributed by atoms with Crippen molar-refractivity contribution in [1.82, 2.24) is 15.2 Å². The lowest BCUT2D eigenvalue weighted by molar-refractivity contribution is -0.121. The molecule has 0 unspecified atom stereocenters. The summed E-state index contributed by atoms with van der Waals surface area (Å²) < 4.78 is 5.32. The number of carbonyl (C=O) groups is 2. The van der Waals surface area contributed by atoms with Crippen LogP contribution in [0.5, 0.6) is 5.75 Å². The Bertz CT molecular complexity index is 1110. The average molecular weight is 448 g/mol. The van der Waals surface area contributed by atoms with Gasteiger partial charge >= 0.3 is 0 Å². The topological polar surface area (TPSA) is 74.4 Å². The van der Waals surface area contributed by atoms with Gasteiger partial charge in [0.25, 0.3) is 5.91 Å². The van der Waals surface area contributed by atoms with Crippen molar-refractivity contribution in [3.8, 4) is 5.75 Å². The Morgan fingerprint density at radius 1 is 1.15 bits per heavy atom. The Morgan fingerprint density at radius 3 is 2.70 bits per heavy atom. The van der Waals surface area contributed by atoms with Gasteiger partial charge < -0.3 is 19.9 Å². The van der Waals surface area contributed by atoms with E-state index in [1.54, 1.807) is 7.11 Å². The fourth-order valence-electron chi connectivity index (χ4n) is 4.66. The summed E-state index contributed by atoms with van der Waals surface area (Å²) in [7, 11) is 1.67. The largest absolute Gasteiger partial charge is 0.497 e. The van der Waals surface area contributed by atoms with Gasteiger partial charge in [0.1, 0.15) is 5.75 Å². The number of nitrogens with one attached hydrogen (secondary N) is 2. The van der Waals surface area contributed by atoms with Crippen molar-refractivity contribution in [2.24, 2.45) is 5.92 Å². The summed E-state index contributed by atoms with van der Waals surface area (Å²) in [6, 6.07) is 13.7. The van der Waals surface area contributed by atoms with Crippen molar-refractivity contribution in [1.29, 1.82) is 0 Å². The van der Waals surface area contributed by atoms with Crippen LogP contribution in [0.4, 0.5) is 0 Å². The second kappa shape index (κ2) is 10.6. The number of fused-ring (bicyclic) bond motifs is 1. The highest BCUT2D eigenvalue weighted by atomic mass is 16.5. The van der Waals surface area contributed by atoms with Crippen molar-refractivity contribution in [2.45, 2.75) is 39.0 Å². The smallest absolute Gasteiger partial charge is 0.254 e. The van der Waals surface area contributed by atoms with Crippen molar-refractivity contribution in [3.05, 3.63) is 65.4 Å². The van der Waals surface area contributed by atoms with Gasteiger partial charge in [0, 0.05) is 48.7 Å². The molecule has 2 aromatic carbocycles. The molecule has 1 aliphatic rings. The molecule has 3 aromatic rings. The number of aromatic nitrogens is 1. The molecule has 1 aromatic heterocycles. The van der Waals surface area contributed by atoms with Gasteiger partial charge in [-0.2, -0.15) is 0 Å². The normalized spacial score (nSPS) is 14.4. The van der Waals surface area contributed by atoms with E-state index < -0.39 is 0 Å². The quantitative estimate of drug-likeness (QED) is 0.535. The Hall–Kier alpha value is -3.28. The fourth-order valence-corrected chi connectivity index (χ4v) is 4.66. The monoisotopic (exact) mass is 447 g/mol. The summed E-state index contributed by atoms with van der Waals surface area (Å²) in [5, 5.41) is 4.19. The average Bonchev–Trinajstić information content (AvgIpc) is 3.25. The van der Waals surface area contributed by atoms with Crippen LogP contribution >= 0.6 is 0 Å². The summed E-state index contributed by atoms with van der Waals surface area (Å²) in [4.78, 5) is 30.4. The van der Waals surface area contributed by atoms with Crippen molar-refractivity contribution < 1.29 is 14.3 Å². The zero-order valence-electron chi connectivity index (χ0n) is 19.5. The molecule has 0 saturated carbocycles. The number of aromatic amines is 1. The minimum atomic E-state index is 0.103. The van der Waals surface area contributed by atoms with Crippen LogP contribution in [0.25, 0.3) is 10.9 Å². The first-order valence-electron chi connectivity index (χ1n) is 11.8. The molecule has 174 valence electrons. The predicted molar refractivity (Wildman–Crippen MR) is 131 cm³/mol. The first-order chi connectivity index (χ1) is 16.0. The second-order valence-corrected chi connectivity index (χ2v) is 8.91. The molecule has 0 radical (unpaired) electrons. The number of carbonyl (C=O) groups excluding carboxylic acids is 2. The summed E-state index contributed by atoms with van der Waals surface area (Å²) in [6.07, 6.45) is 6.12. The summed E-state index contributed by atoms with van der Waals surface area (Å²) in [6.45, 7) is 4.13. The molecule has 6 nitrogen and oxygen atoms in total. The number of methoxy groups -OCH3 is 1. The molecular weight excluding hydrogens is 414 g/mol. The van der Waals surface area contributed by atoms with Gasteiger partial charge in [0.05, 0.1) is 7.11 Å². The van der Waals surface area contributed by atoms with Crippen molar-refractivity contribution >= 4 is 22.7 Å². The molecule has 33 heavy (non-hydrogen) atoms. The number of H-pyrrole nitrogens is 1. The van der Waals surface area contributed by atoms with E-state index in [9.17, 15) is 9.59 Å². The lowest BCUT2D eigenvalue weighted by Crippen LogP contribution is -2.39. The lowest BCUT2D eigenvalue weighted by atomic mass is 9.91. The van der Waals surface area contributed by atoms with Crippen LogP contribution in [-0.2, 0) is 11.2 Å². The molecule has 1 saturated heterocycles. The van der Waals surface area contributed by atoms with Crippen LogP contribution in [0.3, 0.4) is 0 Å². The van der Waals surface area contributed by atoms with Gasteiger partial charge in [-0.1, -0.05) is 18.2 Å². The maximum absolute atomic E-state index is 12.8. The SMILES string of the molecule is COc1ccc2[nH]cc(CCNC(=O)CCC3CCN(C(=O)c4ccccc4C)CC3)c2c1. The molecular formula is C27H33N3O3. The third kappa shape index (κ3) is 5.56. The van der Waals surface area contributed by atoms with E-state index in [2.05, 4.69) is 10.3 Å². The number of benzene rings is 2. The molecule has 0 aliphatic carbocycles. The fraction of sp³-hybridized carbons (Fsp3) is 0.407. The molecule has 1 fully saturated rings. The van der Waals surface area contributed by atoms with E-state index in [0.29, 0.717) is 18.9 Å². The summed E-state index contributed by atoms with van der Waals surface area (Å²) in [5.41, 5.74) is 4.07. The van der Waals surface area contributed by atoms with Crippen LogP contribution in [0.1, 0.15) is 47.2 Å². The molecule has 0 bridgehead atoms. The van der Waals surface area contributed by atoms with Gasteiger partial charge in [-0.15, -0.1) is 0 Å². The maximum atomic E-state index is 12.8. The Morgan fingerprint density at radius 2 is 1.94 bits per heavy atom. The third-order valence-corrected chi connectivity index (χ3v) is 6.75. The van der Waals surface area contributed by atoms with E-state index >= 15 is 0 Å². The molecule has 2 amide bonds. The van der Waals surface area contributed by atoms with Crippen LogP contribution in [0.2, 0.25) is 0 Å². The lowest BCUT2D eigenvalue weighted by Gasteiger charge is -2.32. The number of amides is 2. The van der Waals surface area contributed by atoms with Crippen LogP contribution in [0.15, 0.2) is 48.7 Å². The number of rotatable bonds is 8. The van der Waals surface area contributed by atoms with Crippen molar-refractivity contribution in [3.63, 3.8) is 0 Å². The third-order valence-electron chi connectivity index (χ3n) is 6.75. The van der Waals surface area contributed by atoms with E-state index in [4.69, 9.17) is 4.74 Å². The highest BCUT2D eigenvalue weighted by Crippen LogP contribution is 2.25. The standard InChI is InChI=1S/C27H33N3O3/c1-19-5-3-4-6-23(19)27(32)30-15-12-20(13-16-30)7-10-26(31)28-14-11-21-18-29-25-9-8-22(33-2)17-24(21)25/h3-6,8-9,17-18,20,29H,7,10-16H2,1-2H3,(H,28,31).